The molecule has 1 atom stereocenters. The second-order valence-corrected chi connectivity index (χ2v) is 12.0. The first kappa shape index (κ1) is 30.0. The van der Waals surface area contributed by atoms with E-state index in [9.17, 15) is 9.59 Å². The Balaban J connectivity index is 1.87. The number of anilines is 1. The molecule has 0 fully saturated rings. The predicted octanol–water partition coefficient (Wildman–Crippen LogP) is 8.58. The van der Waals surface area contributed by atoms with Crippen LogP contribution in [0.1, 0.15) is 95.3 Å². The van der Waals surface area contributed by atoms with E-state index in [0.29, 0.717) is 29.2 Å². The second-order valence-electron chi connectivity index (χ2n) is 12.0. The van der Waals surface area contributed by atoms with E-state index in [-0.39, 0.29) is 23.4 Å². The summed E-state index contributed by atoms with van der Waals surface area (Å²) in [6.45, 7) is 17.4. The van der Waals surface area contributed by atoms with Crippen LogP contribution in [0.25, 0.3) is 16.6 Å². The van der Waals surface area contributed by atoms with Gasteiger partial charge in [0.05, 0.1) is 22.6 Å². The van der Waals surface area contributed by atoms with Crippen molar-refractivity contribution >= 4 is 22.6 Å². The SMILES string of the molecule is Cc1ccccc1-n1c([C@@H](C)N(CCC(C)C)C(=O)Nc2c(C(C)C)cccc2C(C)C)nc2ccccc2c1=O. The summed E-state index contributed by atoms with van der Waals surface area (Å²) in [5.74, 6) is 1.44. The zero-order valence-corrected chi connectivity index (χ0v) is 25.7. The van der Waals surface area contributed by atoms with Gasteiger partial charge in [-0.1, -0.05) is 90.1 Å². The number of urea groups is 1. The number of nitrogens with one attached hydrogen (secondary N) is 1. The highest BCUT2D eigenvalue weighted by atomic mass is 16.2. The molecule has 6 nitrogen and oxygen atoms in total. The molecule has 0 spiro atoms. The molecule has 0 aliphatic heterocycles. The summed E-state index contributed by atoms with van der Waals surface area (Å²) in [5, 5.41) is 3.86. The van der Waals surface area contributed by atoms with Gasteiger partial charge in [0.2, 0.25) is 0 Å². The van der Waals surface area contributed by atoms with Crippen LogP contribution in [0.4, 0.5) is 10.5 Å². The Morgan fingerprint density at radius 1 is 0.854 bits per heavy atom. The number of carbonyl (C=O) groups excluding carboxylic acids is 1. The number of carbonyl (C=O) groups is 1. The van der Waals surface area contributed by atoms with Crippen molar-refractivity contribution in [1.82, 2.24) is 14.5 Å². The van der Waals surface area contributed by atoms with Gasteiger partial charge in [0, 0.05) is 12.2 Å². The van der Waals surface area contributed by atoms with E-state index in [1.807, 2.05) is 67.3 Å². The number of benzene rings is 3. The smallest absolute Gasteiger partial charge is 0.315 e. The van der Waals surface area contributed by atoms with E-state index in [4.69, 9.17) is 4.98 Å². The van der Waals surface area contributed by atoms with Crippen LogP contribution in [-0.2, 0) is 0 Å². The topological polar surface area (TPSA) is 67.2 Å². The number of hydrogen-bond donors (Lipinski definition) is 1. The van der Waals surface area contributed by atoms with Crippen molar-refractivity contribution in [3.05, 3.63) is 99.6 Å². The minimum absolute atomic E-state index is 0.136. The second kappa shape index (κ2) is 12.7. The van der Waals surface area contributed by atoms with Crippen LogP contribution in [-0.4, -0.2) is 27.0 Å². The molecule has 0 unspecified atom stereocenters. The largest absolute Gasteiger partial charge is 0.322 e. The van der Waals surface area contributed by atoms with Crippen LogP contribution in [0.15, 0.2) is 71.5 Å². The third kappa shape index (κ3) is 6.37. The lowest BCUT2D eigenvalue weighted by Crippen LogP contribution is -2.41. The van der Waals surface area contributed by atoms with E-state index >= 15 is 0 Å². The Hall–Kier alpha value is -3.93. The van der Waals surface area contributed by atoms with Crippen molar-refractivity contribution < 1.29 is 4.79 Å². The molecule has 1 aromatic heterocycles. The fourth-order valence-corrected chi connectivity index (χ4v) is 5.36. The van der Waals surface area contributed by atoms with Crippen LogP contribution in [0.2, 0.25) is 0 Å². The molecule has 0 saturated heterocycles. The Labute approximate surface area is 244 Å². The summed E-state index contributed by atoms with van der Waals surface area (Å²) in [4.78, 5) is 35.1. The summed E-state index contributed by atoms with van der Waals surface area (Å²) in [7, 11) is 0. The summed E-state index contributed by atoms with van der Waals surface area (Å²) in [6, 6.07) is 20.8. The van der Waals surface area contributed by atoms with Gasteiger partial charge in [0.25, 0.3) is 5.56 Å². The van der Waals surface area contributed by atoms with Gasteiger partial charge in [-0.2, -0.15) is 0 Å². The Kier molecular flexibility index (Phi) is 9.31. The summed E-state index contributed by atoms with van der Waals surface area (Å²) in [6.07, 6.45) is 0.822. The first-order valence-corrected chi connectivity index (χ1v) is 14.8. The third-order valence-corrected chi connectivity index (χ3v) is 7.81. The minimum Gasteiger partial charge on any atom is -0.315 e. The van der Waals surface area contributed by atoms with Crippen LogP contribution >= 0.6 is 0 Å². The van der Waals surface area contributed by atoms with Crippen molar-refractivity contribution in [2.24, 2.45) is 5.92 Å². The predicted molar refractivity (Wildman–Crippen MR) is 170 cm³/mol. The molecule has 0 aliphatic rings. The van der Waals surface area contributed by atoms with Gasteiger partial charge in [-0.25, -0.2) is 9.78 Å². The minimum atomic E-state index is -0.473. The van der Waals surface area contributed by atoms with Crippen LogP contribution < -0.4 is 10.9 Å². The van der Waals surface area contributed by atoms with E-state index < -0.39 is 6.04 Å². The summed E-state index contributed by atoms with van der Waals surface area (Å²) < 4.78 is 1.69. The number of aromatic nitrogens is 2. The standard InChI is InChI=1S/C35H44N4O2/c1-22(2)20-21-38(35(41)37-32-27(23(3)4)16-13-17-28(32)24(5)6)26(8)33-36-30-18-11-10-15-29(30)34(40)39(33)31-19-12-9-14-25(31)7/h9-19,22-24,26H,20-21H2,1-8H3,(H,37,41)/t26-/m1/s1. The highest BCUT2D eigenvalue weighted by Gasteiger charge is 2.29. The number of para-hydroxylation sites is 3. The fourth-order valence-electron chi connectivity index (χ4n) is 5.36. The van der Waals surface area contributed by atoms with Crippen molar-refractivity contribution in [2.75, 3.05) is 11.9 Å². The van der Waals surface area contributed by atoms with Crippen molar-refractivity contribution in [1.29, 1.82) is 0 Å². The van der Waals surface area contributed by atoms with Crippen LogP contribution in [0.3, 0.4) is 0 Å². The molecule has 1 N–H and O–H groups in total. The van der Waals surface area contributed by atoms with Gasteiger partial charge < -0.3 is 10.2 Å². The van der Waals surface area contributed by atoms with E-state index in [0.717, 1.165) is 34.5 Å². The average molecular weight is 553 g/mol. The molecule has 6 heteroatoms. The Bertz CT molecular complexity index is 1560. The van der Waals surface area contributed by atoms with Gasteiger partial charge in [-0.15, -0.1) is 0 Å². The molecule has 0 aliphatic carbocycles. The highest BCUT2D eigenvalue weighted by molar-refractivity contribution is 5.92. The maximum atomic E-state index is 14.3. The van der Waals surface area contributed by atoms with Gasteiger partial charge in [-0.05, 0) is 72.9 Å². The van der Waals surface area contributed by atoms with Crippen LogP contribution in [0.5, 0.6) is 0 Å². The lowest BCUT2D eigenvalue weighted by Gasteiger charge is -2.32. The van der Waals surface area contributed by atoms with Gasteiger partial charge in [0.15, 0.2) is 0 Å². The normalized spacial score (nSPS) is 12.4. The van der Waals surface area contributed by atoms with Gasteiger partial charge in [0.1, 0.15) is 5.82 Å². The van der Waals surface area contributed by atoms with E-state index in [1.165, 1.54) is 0 Å². The fraction of sp³-hybridized carbons (Fsp3) is 0.400. The third-order valence-electron chi connectivity index (χ3n) is 7.81. The van der Waals surface area contributed by atoms with Crippen molar-refractivity contribution in [2.45, 2.75) is 79.7 Å². The molecule has 1 heterocycles. The number of amides is 2. The number of rotatable bonds is 9. The molecule has 0 saturated carbocycles. The van der Waals surface area contributed by atoms with Crippen LogP contribution in [0, 0.1) is 12.8 Å². The quantitative estimate of drug-likeness (QED) is 0.226. The van der Waals surface area contributed by atoms with Gasteiger partial charge >= 0.3 is 6.03 Å². The van der Waals surface area contributed by atoms with E-state index in [1.54, 1.807) is 4.57 Å². The Morgan fingerprint density at radius 2 is 1.46 bits per heavy atom. The lowest BCUT2D eigenvalue weighted by atomic mass is 9.92. The lowest BCUT2D eigenvalue weighted by molar-refractivity contribution is 0.185. The summed E-state index contributed by atoms with van der Waals surface area (Å²) in [5.41, 5.74) is 5.33. The average Bonchev–Trinajstić information content (AvgIpc) is 2.93. The monoisotopic (exact) mass is 552 g/mol. The van der Waals surface area contributed by atoms with Gasteiger partial charge in [-0.3, -0.25) is 9.36 Å². The number of aryl methyl sites for hydroxylation is 1. The zero-order chi connectivity index (χ0) is 29.8. The summed E-state index contributed by atoms with van der Waals surface area (Å²) >= 11 is 0. The number of nitrogens with zero attached hydrogens (tertiary/aromatic N) is 3. The van der Waals surface area contributed by atoms with Crippen molar-refractivity contribution in [3.63, 3.8) is 0 Å². The molecule has 3 aromatic carbocycles. The molecule has 0 radical (unpaired) electrons. The molecule has 41 heavy (non-hydrogen) atoms. The highest BCUT2D eigenvalue weighted by Crippen LogP contribution is 2.33. The number of fused-ring (bicyclic) bond motifs is 1. The molecular formula is C35H44N4O2. The molecule has 2 amide bonds. The Morgan fingerprint density at radius 3 is 2.07 bits per heavy atom. The molecule has 4 aromatic rings. The zero-order valence-electron chi connectivity index (χ0n) is 25.7. The number of hydrogen-bond acceptors (Lipinski definition) is 3. The molecule has 4 rings (SSSR count). The van der Waals surface area contributed by atoms with E-state index in [2.05, 4.69) is 65.1 Å². The van der Waals surface area contributed by atoms with Crippen molar-refractivity contribution in [3.8, 4) is 5.69 Å². The molecular weight excluding hydrogens is 508 g/mol. The first-order chi connectivity index (χ1) is 19.5. The maximum absolute atomic E-state index is 14.3. The molecule has 0 bridgehead atoms. The molecule has 216 valence electrons. The first-order valence-electron chi connectivity index (χ1n) is 14.8. The maximum Gasteiger partial charge on any atom is 0.322 e.